The van der Waals surface area contributed by atoms with Crippen molar-refractivity contribution in [2.24, 2.45) is 0 Å². The zero-order valence-electron chi connectivity index (χ0n) is 7.02. The Hall–Kier alpha value is -0.585. The zero-order chi connectivity index (χ0) is 8.97. The zero-order valence-corrected chi connectivity index (χ0v) is 7.02. The van der Waals surface area contributed by atoms with E-state index in [1.807, 2.05) is 6.82 Å². The van der Waals surface area contributed by atoms with Gasteiger partial charge in [0.2, 0.25) is 0 Å². The first-order chi connectivity index (χ1) is 5.75. The minimum atomic E-state index is -0.900. The van der Waals surface area contributed by atoms with Crippen molar-refractivity contribution < 1.29 is 19.4 Å². The maximum atomic E-state index is 10.6. The summed E-state index contributed by atoms with van der Waals surface area (Å²) in [6.07, 6.45) is 0. The van der Waals surface area contributed by atoms with E-state index in [1.54, 1.807) is 0 Å². The van der Waals surface area contributed by atoms with E-state index in [0.717, 1.165) is 0 Å². The van der Waals surface area contributed by atoms with Crippen LogP contribution in [0.2, 0.25) is 6.82 Å². The topological polar surface area (TPSA) is 59.0 Å². The molecule has 0 radical (unpaired) electrons. The van der Waals surface area contributed by atoms with Crippen molar-refractivity contribution in [1.29, 1.82) is 0 Å². The summed E-state index contributed by atoms with van der Waals surface area (Å²) < 4.78 is 10.1. The van der Waals surface area contributed by atoms with E-state index in [9.17, 15) is 4.79 Å². The Kier molecular flexibility index (Phi) is 3.52. The van der Waals surface area contributed by atoms with Crippen molar-refractivity contribution in [2.75, 3.05) is 19.8 Å². The lowest BCUT2D eigenvalue weighted by atomic mass is 10.1. The monoisotopic (exact) mass is 173 g/mol. The van der Waals surface area contributed by atoms with Gasteiger partial charge in [-0.15, -0.1) is 0 Å². The molecule has 1 atom stereocenters. The van der Waals surface area contributed by atoms with E-state index >= 15 is 0 Å². The first kappa shape index (κ1) is 9.50. The number of carboxylic acid groups (broad SMARTS) is 1. The molecule has 1 aliphatic rings. The van der Waals surface area contributed by atoms with Crippen LogP contribution in [0, 0.1) is 0 Å². The number of nitrogens with zero attached hydrogens (tertiary/aromatic N) is 1. The van der Waals surface area contributed by atoms with Gasteiger partial charge >= 0.3 is 13.5 Å². The molecule has 1 fully saturated rings. The van der Waals surface area contributed by atoms with Crippen molar-refractivity contribution in [1.82, 2.24) is 5.06 Å². The first-order valence-corrected chi connectivity index (χ1v) is 3.95. The Morgan fingerprint density at radius 2 is 2.58 bits per heavy atom. The third kappa shape index (κ3) is 2.20. The van der Waals surface area contributed by atoms with Gasteiger partial charge in [-0.1, -0.05) is 6.82 Å². The summed E-state index contributed by atoms with van der Waals surface area (Å²) in [5.74, 6) is -0.900. The summed E-state index contributed by atoms with van der Waals surface area (Å²) in [5.41, 5.74) is 0. The molecule has 68 valence electrons. The van der Waals surface area contributed by atoms with Crippen molar-refractivity contribution >= 4 is 13.5 Å². The lowest BCUT2D eigenvalue weighted by Gasteiger charge is -2.31. The van der Waals surface area contributed by atoms with Gasteiger partial charge in [0.15, 0.2) is 6.04 Å². The number of aliphatic carboxylic acids is 1. The summed E-state index contributed by atoms with van der Waals surface area (Å²) >= 11 is 0. The molecule has 0 saturated carbocycles. The number of ether oxygens (including phenoxy) is 1. The third-order valence-electron chi connectivity index (χ3n) is 1.66. The smallest absolute Gasteiger partial charge is 0.325 e. The number of morpholine rings is 1. The van der Waals surface area contributed by atoms with Crippen molar-refractivity contribution in [3.63, 3.8) is 0 Å². The number of rotatable bonds is 3. The summed E-state index contributed by atoms with van der Waals surface area (Å²) in [6.45, 7) is 3.08. The van der Waals surface area contributed by atoms with Crippen LogP contribution in [-0.2, 0) is 14.3 Å². The SMILES string of the molecule is CBON1CCOC[C@@H]1C(=O)O. The highest BCUT2D eigenvalue weighted by atomic mass is 16.7. The molecule has 1 aliphatic heterocycles. The number of hydroxylamine groups is 2. The summed E-state index contributed by atoms with van der Waals surface area (Å²) in [4.78, 5) is 10.6. The second kappa shape index (κ2) is 4.44. The van der Waals surface area contributed by atoms with Crippen LogP contribution in [0.15, 0.2) is 0 Å². The molecule has 0 aromatic carbocycles. The number of hydrogen-bond donors (Lipinski definition) is 1. The molecule has 12 heavy (non-hydrogen) atoms. The Labute approximate surface area is 71.5 Å². The van der Waals surface area contributed by atoms with Crippen LogP contribution in [0.5, 0.6) is 0 Å². The Morgan fingerprint density at radius 1 is 1.83 bits per heavy atom. The van der Waals surface area contributed by atoms with Gasteiger partial charge in [0.25, 0.3) is 0 Å². The van der Waals surface area contributed by atoms with Crippen molar-refractivity contribution in [3.8, 4) is 0 Å². The molecular weight excluding hydrogens is 161 g/mol. The van der Waals surface area contributed by atoms with Crippen LogP contribution in [0.4, 0.5) is 0 Å². The normalized spacial score (nSPS) is 25.2. The molecule has 0 amide bonds. The van der Waals surface area contributed by atoms with Gasteiger partial charge in [0.1, 0.15) is 0 Å². The van der Waals surface area contributed by atoms with Gasteiger partial charge in [0.05, 0.1) is 13.2 Å². The molecule has 6 heteroatoms. The molecule has 0 bridgehead atoms. The molecule has 5 nitrogen and oxygen atoms in total. The fraction of sp³-hybridized carbons (Fsp3) is 0.833. The van der Waals surface area contributed by atoms with Gasteiger partial charge in [0, 0.05) is 6.54 Å². The predicted molar refractivity (Wildman–Crippen MR) is 43.0 cm³/mol. The van der Waals surface area contributed by atoms with Crippen LogP contribution < -0.4 is 0 Å². The van der Waals surface area contributed by atoms with Crippen LogP contribution in [0.25, 0.3) is 0 Å². The van der Waals surface area contributed by atoms with E-state index in [0.29, 0.717) is 20.6 Å². The van der Waals surface area contributed by atoms with Gasteiger partial charge in [-0.05, 0) is 0 Å². The van der Waals surface area contributed by atoms with Crippen molar-refractivity contribution in [3.05, 3.63) is 0 Å². The van der Waals surface area contributed by atoms with Gasteiger partial charge < -0.3 is 14.6 Å². The van der Waals surface area contributed by atoms with Gasteiger partial charge in [-0.3, -0.25) is 4.79 Å². The fourth-order valence-corrected chi connectivity index (χ4v) is 1.10. The number of carbonyl (C=O) groups is 1. The number of carboxylic acids is 1. The lowest BCUT2D eigenvalue weighted by Crippen LogP contribution is -2.49. The van der Waals surface area contributed by atoms with Crippen LogP contribution >= 0.6 is 0 Å². The Bertz CT molecular complexity index is 164. The molecule has 1 heterocycles. The van der Waals surface area contributed by atoms with E-state index in [-0.39, 0.29) is 6.61 Å². The largest absolute Gasteiger partial charge is 0.480 e. The highest BCUT2D eigenvalue weighted by molar-refractivity contribution is 6.24. The maximum Gasteiger partial charge on any atom is 0.325 e. The van der Waals surface area contributed by atoms with Crippen LogP contribution in [0.3, 0.4) is 0 Å². The average molecular weight is 173 g/mol. The Morgan fingerprint density at radius 3 is 3.17 bits per heavy atom. The highest BCUT2D eigenvalue weighted by Gasteiger charge is 2.29. The second-order valence-corrected chi connectivity index (χ2v) is 2.49. The van der Waals surface area contributed by atoms with Crippen LogP contribution in [-0.4, -0.2) is 49.4 Å². The molecule has 0 aromatic rings. The summed E-state index contributed by atoms with van der Waals surface area (Å²) in [5, 5.41) is 10.2. The molecule has 0 unspecified atom stereocenters. The van der Waals surface area contributed by atoms with E-state index < -0.39 is 12.0 Å². The first-order valence-electron chi connectivity index (χ1n) is 3.95. The highest BCUT2D eigenvalue weighted by Crippen LogP contribution is 2.06. The average Bonchev–Trinajstić information content (AvgIpc) is 2.05. The molecular formula is C6H12BNO4. The molecule has 1 saturated heterocycles. The second-order valence-electron chi connectivity index (χ2n) is 2.49. The summed E-state index contributed by atoms with van der Waals surface area (Å²) in [6, 6.07) is -0.654. The standard InChI is InChI=1S/C6H12BNO4/c1-7-12-8-2-3-11-4-5(8)6(9)10/h5,7H,2-4H2,1H3,(H,9,10)/t5-/m1/s1. The fourth-order valence-electron chi connectivity index (χ4n) is 1.10. The molecule has 0 aromatic heterocycles. The molecule has 0 spiro atoms. The Balaban J connectivity index is 2.48. The number of hydrogen-bond acceptors (Lipinski definition) is 4. The van der Waals surface area contributed by atoms with E-state index in [4.69, 9.17) is 14.6 Å². The molecule has 1 N–H and O–H groups in total. The third-order valence-corrected chi connectivity index (χ3v) is 1.66. The predicted octanol–water partition coefficient (Wildman–Crippen LogP) is -0.897. The minimum Gasteiger partial charge on any atom is -0.480 e. The molecule has 1 rings (SSSR count). The van der Waals surface area contributed by atoms with E-state index in [2.05, 4.69) is 0 Å². The van der Waals surface area contributed by atoms with Gasteiger partial charge in [-0.2, -0.15) is 5.06 Å². The quantitative estimate of drug-likeness (QED) is 0.560. The maximum absolute atomic E-state index is 10.6. The van der Waals surface area contributed by atoms with Crippen LogP contribution in [0.1, 0.15) is 0 Å². The van der Waals surface area contributed by atoms with Gasteiger partial charge in [-0.25, -0.2) is 0 Å². The summed E-state index contributed by atoms with van der Waals surface area (Å²) in [7, 11) is 0.490. The minimum absolute atomic E-state index is 0.204. The lowest BCUT2D eigenvalue weighted by molar-refractivity contribution is -0.184. The van der Waals surface area contributed by atoms with E-state index in [1.165, 1.54) is 5.06 Å². The van der Waals surface area contributed by atoms with Crippen molar-refractivity contribution in [2.45, 2.75) is 12.9 Å². The molecule has 0 aliphatic carbocycles.